The van der Waals surface area contributed by atoms with E-state index in [0.29, 0.717) is 11.7 Å². The number of carbonyl (C=O) groups excluding carboxylic acids is 3. The van der Waals surface area contributed by atoms with E-state index in [1.807, 2.05) is 19.9 Å². The second-order valence-electron chi connectivity index (χ2n) is 4.61. The highest BCUT2D eigenvalue weighted by atomic mass is 32.2. The van der Waals surface area contributed by atoms with Crippen LogP contribution in [0.15, 0.2) is 11.2 Å². The molecule has 2 N–H and O–H groups in total. The van der Waals surface area contributed by atoms with E-state index in [0.717, 1.165) is 23.1 Å². The summed E-state index contributed by atoms with van der Waals surface area (Å²) in [7, 11) is 0. The molecule has 0 aromatic carbocycles. The van der Waals surface area contributed by atoms with Crippen LogP contribution in [0, 0.1) is 13.8 Å². The quantitative estimate of drug-likeness (QED) is 0.389. The number of aromatic nitrogens is 2. The predicted octanol–water partition coefficient (Wildman–Crippen LogP) is -0.0190. The Bertz CT molecular complexity index is 560. The number of hydrogen-bond acceptors (Lipinski definition) is 7. The first-order valence-corrected chi connectivity index (χ1v) is 8.03. The molecular formula is C14H20N4O4S. The summed E-state index contributed by atoms with van der Waals surface area (Å²) < 4.78 is 4.82. The Hall–Kier alpha value is -2.16. The SMILES string of the molecule is CCNC(=O)CNC(=O)COC(=O)CSc1nc(C)cc(C)n1. The smallest absolute Gasteiger partial charge is 0.316 e. The summed E-state index contributed by atoms with van der Waals surface area (Å²) in [6, 6.07) is 1.83. The topological polar surface area (TPSA) is 110 Å². The first kappa shape index (κ1) is 18.9. The number of carbonyl (C=O) groups is 3. The van der Waals surface area contributed by atoms with Crippen molar-refractivity contribution >= 4 is 29.5 Å². The number of likely N-dealkylation sites (N-methyl/N-ethyl adjacent to an activating group) is 1. The maximum absolute atomic E-state index is 11.6. The average Bonchev–Trinajstić information content (AvgIpc) is 2.48. The molecule has 0 radical (unpaired) electrons. The van der Waals surface area contributed by atoms with Crippen molar-refractivity contribution in [3.63, 3.8) is 0 Å². The molecule has 0 aliphatic heterocycles. The molecule has 8 nitrogen and oxygen atoms in total. The number of esters is 1. The van der Waals surface area contributed by atoms with E-state index in [9.17, 15) is 14.4 Å². The molecule has 0 bridgehead atoms. The van der Waals surface area contributed by atoms with Crippen LogP contribution < -0.4 is 10.6 Å². The standard InChI is InChI=1S/C14H20N4O4S/c1-4-15-11(19)6-16-12(20)7-22-13(21)8-23-14-17-9(2)5-10(3)18-14/h5H,4,6-8H2,1-3H3,(H,15,19)(H,16,20). The summed E-state index contributed by atoms with van der Waals surface area (Å²) in [6.07, 6.45) is 0. The van der Waals surface area contributed by atoms with Crippen LogP contribution in [0.3, 0.4) is 0 Å². The third kappa shape index (κ3) is 8.15. The van der Waals surface area contributed by atoms with E-state index >= 15 is 0 Å². The molecule has 126 valence electrons. The minimum atomic E-state index is -0.550. The summed E-state index contributed by atoms with van der Waals surface area (Å²) in [5.41, 5.74) is 1.64. The van der Waals surface area contributed by atoms with Gasteiger partial charge in [0.05, 0.1) is 12.3 Å². The molecule has 0 unspecified atom stereocenters. The largest absolute Gasteiger partial charge is 0.455 e. The first-order chi connectivity index (χ1) is 10.9. The molecule has 0 saturated carbocycles. The number of thioether (sulfide) groups is 1. The van der Waals surface area contributed by atoms with Gasteiger partial charge in [0.1, 0.15) is 0 Å². The van der Waals surface area contributed by atoms with Crippen molar-refractivity contribution in [2.45, 2.75) is 25.9 Å². The summed E-state index contributed by atoms with van der Waals surface area (Å²) >= 11 is 1.14. The lowest BCUT2D eigenvalue weighted by Crippen LogP contribution is -2.38. The number of hydrogen-bond donors (Lipinski definition) is 2. The van der Waals surface area contributed by atoms with Crippen LogP contribution in [0.2, 0.25) is 0 Å². The number of amides is 2. The molecule has 1 aromatic heterocycles. The zero-order chi connectivity index (χ0) is 17.2. The van der Waals surface area contributed by atoms with Crippen molar-refractivity contribution < 1.29 is 19.1 Å². The number of rotatable bonds is 8. The third-order valence-electron chi connectivity index (χ3n) is 2.47. The van der Waals surface area contributed by atoms with Crippen molar-refractivity contribution in [3.05, 3.63) is 17.5 Å². The maximum Gasteiger partial charge on any atom is 0.316 e. The van der Waals surface area contributed by atoms with Gasteiger partial charge in [-0.15, -0.1) is 0 Å². The Morgan fingerprint density at radius 3 is 2.39 bits per heavy atom. The van der Waals surface area contributed by atoms with E-state index in [1.165, 1.54) is 0 Å². The molecule has 0 aliphatic rings. The fraction of sp³-hybridized carbons (Fsp3) is 0.500. The summed E-state index contributed by atoms with van der Waals surface area (Å²) in [5.74, 6) is -1.37. The number of nitrogens with one attached hydrogen (secondary N) is 2. The Morgan fingerprint density at radius 1 is 1.13 bits per heavy atom. The van der Waals surface area contributed by atoms with Crippen LogP contribution in [0.1, 0.15) is 18.3 Å². The molecule has 1 heterocycles. The third-order valence-corrected chi connectivity index (χ3v) is 3.29. The van der Waals surface area contributed by atoms with Crippen LogP contribution >= 0.6 is 11.8 Å². The Morgan fingerprint density at radius 2 is 1.78 bits per heavy atom. The highest BCUT2D eigenvalue weighted by molar-refractivity contribution is 7.99. The van der Waals surface area contributed by atoms with E-state index in [2.05, 4.69) is 20.6 Å². The van der Waals surface area contributed by atoms with E-state index in [4.69, 9.17) is 4.74 Å². The zero-order valence-electron chi connectivity index (χ0n) is 13.3. The summed E-state index contributed by atoms with van der Waals surface area (Å²) in [4.78, 5) is 42.5. The highest BCUT2D eigenvalue weighted by Crippen LogP contribution is 2.13. The van der Waals surface area contributed by atoms with Crippen molar-refractivity contribution in [2.75, 3.05) is 25.4 Å². The molecule has 23 heavy (non-hydrogen) atoms. The highest BCUT2D eigenvalue weighted by Gasteiger charge is 2.10. The van der Waals surface area contributed by atoms with Crippen molar-refractivity contribution in [1.82, 2.24) is 20.6 Å². The van der Waals surface area contributed by atoms with Gasteiger partial charge < -0.3 is 15.4 Å². The van der Waals surface area contributed by atoms with Gasteiger partial charge in [-0.05, 0) is 26.8 Å². The van der Waals surface area contributed by atoms with Gasteiger partial charge >= 0.3 is 5.97 Å². The average molecular weight is 340 g/mol. The second-order valence-corrected chi connectivity index (χ2v) is 5.56. The van der Waals surface area contributed by atoms with Crippen molar-refractivity contribution in [1.29, 1.82) is 0 Å². The van der Waals surface area contributed by atoms with Gasteiger partial charge in [0.15, 0.2) is 11.8 Å². The van der Waals surface area contributed by atoms with Crippen LogP contribution in [-0.2, 0) is 19.1 Å². The molecule has 0 aliphatic carbocycles. The summed E-state index contributed by atoms with van der Waals surface area (Å²) in [5, 5.41) is 5.37. The van der Waals surface area contributed by atoms with Crippen molar-refractivity contribution in [2.24, 2.45) is 0 Å². The van der Waals surface area contributed by atoms with E-state index in [1.54, 1.807) is 6.92 Å². The van der Waals surface area contributed by atoms with Gasteiger partial charge in [-0.1, -0.05) is 11.8 Å². The molecule has 9 heteroatoms. The number of nitrogens with zero attached hydrogens (tertiary/aromatic N) is 2. The van der Waals surface area contributed by atoms with Gasteiger partial charge in [-0.25, -0.2) is 9.97 Å². The van der Waals surface area contributed by atoms with E-state index < -0.39 is 18.5 Å². The van der Waals surface area contributed by atoms with Crippen molar-refractivity contribution in [3.8, 4) is 0 Å². The Kier molecular flexibility index (Phi) is 8.03. The first-order valence-electron chi connectivity index (χ1n) is 7.04. The molecule has 1 aromatic rings. The monoisotopic (exact) mass is 340 g/mol. The Labute approximate surface area is 138 Å². The molecule has 2 amide bonds. The molecular weight excluding hydrogens is 320 g/mol. The fourth-order valence-electron chi connectivity index (χ4n) is 1.56. The fourth-order valence-corrected chi connectivity index (χ4v) is 2.31. The lowest BCUT2D eigenvalue weighted by Gasteiger charge is -2.06. The summed E-state index contributed by atoms with van der Waals surface area (Å²) in [6.45, 7) is 5.38. The predicted molar refractivity (Wildman–Crippen MR) is 84.9 cm³/mol. The van der Waals surface area contributed by atoms with Gasteiger partial charge in [-0.3, -0.25) is 14.4 Å². The van der Waals surface area contributed by atoms with Crippen LogP contribution in [-0.4, -0.2) is 53.2 Å². The van der Waals surface area contributed by atoms with Gasteiger partial charge in [0.2, 0.25) is 5.91 Å². The maximum atomic E-state index is 11.6. The number of aryl methyl sites for hydroxylation is 2. The van der Waals surface area contributed by atoms with Gasteiger partial charge in [0.25, 0.3) is 5.91 Å². The molecule has 0 spiro atoms. The molecule has 1 rings (SSSR count). The number of ether oxygens (including phenoxy) is 1. The van der Waals surface area contributed by atoms with Crippen LogP contribution in [0.4, 0.5) is 0 Å². The zero-order valence-corrected chi connectivity index (χ0v) is 14.2. The van der Waals surface area contributed by atoms with Crippen LogP contribution in [0.25, 0.3) is 0 Å². The van der Waals surface area contributed by atoms with Gasteiger partial charge in [0, 0.05) is 17.9 Å². The van der Waals surface area contributed by atoms with Crippen LogP contribution in [0.5, 0.6) is 0 Å². The van der Waals surface area contributed by atoms with E-state index in [-0.39, 0.29) is 18.2 Å². The van der Waals surface area contributed by atoms with Gasteiger partial charge in [-0.2, -0.15) is 0 Å². The minimum Gasteiger partial charge on any atom is -0.455 e. The Balaban J connectivity index is 2.26. The normalized spacial score (nSPS) is 10.0. The minimum absolute atomic E-state index is 0.00644. The molecule has 0 atom stereocenters. The lowest BCUT2D eigenvalue weighted by atomic mass is 10.4. The second kappa shape index (κ2) is 9.78. The molecule has 0 fully saturated rings. The molecule has 0 saturated heterocycles. The lowest BCUT2D eigenvalue weighted by molar-refractivity contribution is -0.146.